The van der Waals surface area contributed by atoms with Crippen LogP contribution >= 0.6 is 15.9 Å². The number of halogens is 6. The molecule has 1 heterocycles. The molecule has 1 amide bonds. The number of benzene rings is 2. The van der Waals surface area contributed by atoms with Crippen LogP contribution < -0.4 is 9.75 Å². The number of phenolic OH excluding ortho intramolecular Hbond substituents is 1. The van der Waals surface area contributed by atoms with Crippen LogP contribution in [0.4, 0.5) is 27.6 Å². The molecule has 11 heteroatoms. The third-order valence-electron chi connectivity index (χ3n) is 4.14. The molecule has 0 fully saturated rings. The van der Waals surface area contributed by atoms with Crippen LogP contribution in [0.3, 0.4) is 0 Å². The molecule has 0 aliphatic carbocycles. The lowest BCUT2D eigenvalue weighted by Gasteiger charge is -2.15. The Labute approximate surface area is 175 Å². The largest absolute Gasteiger partial charge is 0.504 e. The molecule has 0 saturated carbocycles. The summed E-state index contributed by atoms with van der Waals surface area (Å²) in [6.07, 6.45) is 1.28. The predicted molar refractivity (Wildman–Crippen MR) is 102 cm³/mol. The van der Waals surface area contributed by atoms with Gasteiger partial charge in [0.15, 0.2) is 34.8 Å². The molecule has 0 spiro atoms. The molecular formula is C19H12BrF5N2O3. The van der Waals surface area contributed by atoms with Gasteiger partial charge in [0.1, 0.15) is 5.69 Å². The van der Waals surface area contributed by atoms with Crippen molar-refractivity contribution in [1.82, 2.24) is 0 Å². The molecule has 0 radical (unpaired) electrons. The van der Waals surface area contributed by atoms with E-state index < -0.39 is 40.7 Å². The van der Waals surface area contributed by atoms with Crippen LogP contribution in [0.25, 0.3) is 6.08 Å². The fourth-order valence-corrected chi connectivity index (χ4v) is 3.16. The summed E-state index contributed by atoms with van der Waals surface area (Å²) in [5.74, 6) is -12.2. The fourth-order valence-electron chi connectivity index (χ4n) is 2.71. The Morgan fingerprint density at radius 2 is 1.67 bits per heavy atom. The van der Waals surface area contributed by atoms with Crippen LogP contribution in [0.5, 0.6) is 11.5 Å². The van der Waals surface area contributed by atoms with E-state index in [-0.39, 0.29) is 34.4 Å². The summed E-state index contributed by atoms with van der Waals surface area (Å²) in [6.45, 7) is 3.27. The van der Waals surface area contributed by atoms with E-state index in [1.54, 1.807) is 6.92 Å². The molecule has 1 aliphatic heterocycles. The number of carbonyl (C=O) groups is 1. The van der Waals surface area contributed by atoms with Gasteiger partial charge in [0, 0.05) is 4.47 Å². The number of amides is 1. The van der Waals surface area contributed by atoms with Crippen molar-refractivity contribution < 1.29 is 36.6 Å². The molecule has 3 rings (SSSR count). The second-order valence-corrected chi connectivity index (χ2v) is 6.91. The first-order valence-electron chi connectivity index (χ1n) is 8.36. The van der Waals surface area contributed by atoms with Crippen molar-refractivity contribution >= 4 is 39.3 Å². The summed E-state index contributed by atoms with van der Waals surface area (Å²) in [5, 5.41) is 13.7. The number of hydrazone groups is 1. The molecule has 30 heavy (non-hydrogen) atoms. The standard InChI is InChI=1S/C19H12BrF5N2O3/c1-3-30-12-5-8(10(20)6-11(12)28)4-9-7(2)26-27(19(9)29)18-16(24)14(22)13(21)15(23)17(18)25/h4-6,28H,3H2,1-2H3/b9-4+. The van der Waals surface area contributed by atoms with E-state index in [1.165, 1.54) is 25.1 Å². The quantitative estimate of drug-likeness (QED) is 0.282. The molecule has 5 nitrogen and oxygen atoms in total. The Morgan fingerprint density at radius 1 is 1.10 bits per heavy atom. The SMILES string of the molecule is CCOc1cc(/C=C2/C(=O)N(c3c(F)c(F)c(F)c(F)c3F)N=C2C)c(Br)cc1O. The number of rotatable bonds is 4. The van der Waals surface area contributed by atoms with Gasteiger partial charge in [-0.2, -0.15) is 10.1 Å². The molecule has 1 aliphatic rings. The zero-order chi connectivity index (χ0) is 22.3. The van der Waals surface area contributed by atoms with Crippen molar-refractivity contribution in [1.29, 1.82) is 0 Å². The monoisotopic (exact) mass is 490 g/mol. The molecule has 0 aromatic heterocycles. The summed E-state index contributed by atoms with van der Waals surface area (Å²) < 4.78 is 74.2. The Bertz CT molecular complexity index is 1100. The number of hydrogen-bond acceptors (Lipinski definition) is 4. The third-order valence-corrected chi connectivity index (χ3v) is 4.83. The first-order chi connectivity index (χ1) is 14.1. The van der Waals surface area contributed by atoms with E-state index >= 15 is 0 Å². The molecular weight excluding hydrogens is 479 g/mol. The average molecular weight is 491 g/mol. The summed E-state index contributed by atoms with van der Waals surface area (Å²) in [5.41, 5.74) is -1.32. The Morgan fingerprint density at radius 3 is 2.23 bits per heavy atom. The van der Waals surface area contributed by atoms with Gasteiger partial charge in [0.05, 0.1) is 17.9 Å². The zero-order valence-electron chi connectivity index (χ0n) is 15.4. The lowest BCUT2D eigenvalue weighted by atomic mass is 10.1. The van der Waals surface area contributed by atoms with E-state index in [0.717, 1.165) is 0 Å². The second kappa shape index (κ2) is 8.05. The topological polar surface area (TPSA) is 62.1 Å². The highest BCUT2D eigenvalue weighted by Crippen LogP contribution is 2.36. The summed E-state index contributed by atoms with van der Waals surface area (Å²) in [6, 6.07) is 2.71. The smallest absolute Gasteiger partial charge is 0.280 e. The molecule has 2 aromatic rings. The minimum atomic E-state index is -2.34. The van der Waals surface area contributed by atoms with Gasteiger partial charge in [0.2, 0.25) is 5.82 Å². The van der Waals surface area contributed by atoms with E-state index in [2.05, 4.69) is 21.0 Å². The minimum absolute atomic E-state index is 0.0260. The molecule has 0 atom stereocenters. The number of anilines is 1. The summed E-state index contributed by atoms with van der Waals surface area (Å²) >= 11 is 3.20. The van der Waals surface area contributed by atoms with Crippen molar-refractivity contribution in [3.63, 3.8) is 0 Å². The number of carbonyl (C=O) groups excluding carboxylic acids is 1. The van der Waals surface area contributed by atoms with Gasteiger partial charge in [-0.25, -0.2) is 22.0 Å². The molecule has 0 unspecified atom stereocenters. The Balaban J connectivity index is 2.09. The Hall–Kier alpha value is -2.95. The first kappa shape index (κ1) is 21.8. The molecule has 0 bridgehead atoms. The van der Waals surface area contributed by atoms with Crippen LogP contribution in [0.1, 0.15) is 19.4 Å². The first-order valence-corrected chi connectivity index (χ1v) is 9.16. The van der Waals surface area contributed by atoms with Gasteiger partial charge in [-0.3, -0.25) is 4.79 Å². The van der Waals surface area contributed by atoms with Gasteiger partial charge in [0.25, 0.3) is 5.91 Å². The summed E-state index contributed by atoms with van der Waals surface area (Å²) in [7, 11) is 0. The Kier molecular flexibility index (Phi) is 5.84. The summed E-state index contributed by atoms with van der Waals surface area (Å²) in [4.78, 5) is 12.7. The lowest BCUT2D eigenvalue weighted by molar-refractivity contribution is -0.114. The second-order valence-electron chi connectivity index (χ2n) is 6.05. The molecule has 2 aromatic carbocycles. The van der Waals surface area contributed by atoms with Gasteiger partial charge in [-0.15, -0.1) is 0 Å². The number of nitrogens with zero attached hydrogens (tertiary/aromatic N) is 2. The predicted octanol–water partition coefficient (Wildman–Crippen LogP) is 5.06. The van der Waals surface area contributed by atoms with Gasteiger partial charge < -0.3 is 9.84 Å². The van der Waals surface area contributed by atoms with E-state index in [0.29, 0.717) is 10.0 Å². The van der Waals surface area contributed by atoms with Crippen molar-refractivity contribution in [2.24, 2.45) is 5.10 Å². The zero-order valence-corrected chi connectivity index (χ0v) is 17.0. The molecule has 158 valence electrons. The number of hydrogen-bond donors (Lipinski definition) is 1. The highest BCUT2D eigenvalue weighted by molar-refractivity contribution is 9.10. The van der Waals surface area contributed by atoms with E-state index in [4.69, 9.17) is 4.74 Å². The average Bonchev–Trinajstić information content (AvgIpc) is 2.96. The van der Waals surface area contributed by atoms with Crippen LogP contribution in [0.15, 0.2) is 27.3 Å². The highest BCUT2D eigenvalue weighted by Gasteiger charge is 2.37. The normalized spacial score (nSPS) is 15.2. The highest BCUT2D eigenvalue weighted by atomic mass is 79.9. The van der Waals surface area contributed by atoms with E-state index in [9.17, 15) is 31.9 Å². The van der Waals surface area contributed by atoms with Gasteiger partial charge in [-0.05, 0) is 37.6 Å². The van der Waals surface area contributed by atoms with Gasteiger partial charge >= 0.3 is 0 Å². The number of aromatic hydroxyl groups is 1. The van der Waals surface area contributed by atoms with Crippen LogP contribution in [-0.2, 0) is 4.79 Å². The fraction of sp³-hybridized carbons (Fsp3) is 0.158. The third kappa shape index (κ3) is 3.53. The molecule has 0 saturated heterocycles. The maximum Gasteiger partial charge on any atom is 0.280 e. The maximum absolute atomic E-state index is 14.1. The van der Waals surface area contributed by atoms with Crippen LogP contribution in [0.2, 0.25) is 0 Å². The minimum Gasteiger partial charge on any atom is -0.504 e. The molecule has 1 N–H and O–H groups in total. The van der Waals surface area contributed by atoms with Crippen molar-refractivity contribution in [2.45, 2.75) is 13.8 Å². The van der Waals surface area contributed by atoms with Crippen molar-refractivity contribution in [3.8, 4) is 11.5 Å². The van der Waals surface area contributed by atoms with Crippen molar-refractivity contribution in [3.05, 3.63) is 56.8 Å². The number of phenols is 1. The van der Waals surface area contributed by atoms with Crippen LogP contribution in [0, 0.1) is 29.1 Å². The lowest BCUT2D eigenvalue weighted by Crippen LogP contribution is -2.25. The van der Waals surface area contributed by atoms with E-state index in [1.807, 2.05) is 0 Å². The van der Waals surface area contributed by atoms with Crippen LogP contribution in [-0.4, -0.2) is 23.3 Å². The maximum atomic E-state index is 14.1. The number of ether oxygens (including phenoxy) is 1. The van der Waals surface area contributed by atoms with Gasteiger partial charge in [-0.1, -0.05) is 15.9 Å². The van der Waals surface area contributed by atoms with Crippen molar-refractivity contribution in [2.75, 3.05) is 11.6 Å².